The average molecular weight is 143 g/mol. The minimum absolute atomic E-state index is 0.188. The van der Waals surface area contributed by atoms with E-state index in [1.807, 2.05) is 0 Å². The minimum Gasteiger partial charge on any atom is -0.478 e. The van der Waals surface area contributed by atoms with Crippen LogP contribution in [0.15, 0.2) is 4.99 Å². The Balaban J connectivity index is 2.55. The number of rotatable bonds is 1. The molecule has 0 saturated heterocycles. The van der Waals surface area contributed by atoms with Gasteiger partial charge in [0, 0.05) is 0 Å². The summed E-state index contributed by atoms with van der Waals surface area (Å²) in [6, 6.07) is -0.468. The molecule has 0 N–H and O–H groups in total. The highest BCUT2D eigenvalue weighted by Gasteiger charge is 2.29. The standard InChI is InChI=1S/C6H9NO3/c1-4-5(6(8)9-2)7-3-10-4/h3-5H,1-2H3/t4-,5-/m0/s1. The van der Waals surface area contributed by atoms with Crippen molar-refractivity contribution in [1.82, 2.24) is 0 Å². The van der Waals surface area contributed by atoms with Crippen LogP contribution in [0.25, 0.3) is 0 Å². The quantitative estimate of drug-likeness (QED) is 0.484. The molecule has 4 heteroatoms. The highest BCUT2D eigenvalue weighted by atomic mass is 16.5. The first kappa shape index (κ1) is 7.05. The monoisotopic (exact) mass is 143 g/mol. The number of hydrogen-bond donors (Lipinski definition) is 0. The molecule has 0 saturated carbocycles. The van der Waals surface area contributed by atoms with E-state index in [1.165, 1.54) is 13.5 Å². The van der Waals surface area contributed by atoms with Crippen molar-refractivity contribution >= 4 is 12.4 Å². The molecule has 1 rings (SSSR count). The molecular formula is C6H9NO3. The normalized spacial score (nSPS) is 29.8. The van der Waals surface area contributed by atoms with Gasteiger partial charge >= 0.3 is 5.97 Å². The summed E-state index contributed by atoms with van der Waals surface area (Å²) in [6.07, 6.45) is 1.10. The van der Waals surface area contributed by atoms with Crippen molar-refractivity contribution in [2.75, 3.05) is 7.11 Å². The van der Waals surface area contributed by atoms with Crippen molar-refractivity contribution in [3.8, 4) is 0 Å². The Morgan fingerprint density at radius 1 is 1.80 bits per heavy atom. The molecule has 4 nitrogen and oxygen atoms in total. The van der Waals surface area contributed by atoms with Crippen LogP contribution in [0.3, 0.4) is 0 Å². The molecule has 10 heavy (non-hydrogen) atoms. The van der Waals surface area contributed by atoms with Crippen molar-refractivity contribution < 1.29 is 14.3 Å². The summed E-state index contributed by atoms with van der Waals surface area (Å²) >= 11 is 0. The maximum Gasteiger partial charge on any atom is 0.334 e. The zero-order chi connectivity index (χ0) is 7.56. The van der Waals surface area contributed by atoms with Gasteiger partial charge < -0.3 is 9.47 Å². The maximum atomic E-state index is 10.8. The molecule has 1 aliphatic heterocycles. The molecule has 0 radical (unpaired) electrons. The predicted octanol–water partition coefficient (Wildman–Crippen LogP) is -0.0250. The van der Waals surface area contributed by atoms with Crippen LogP contribution in [0.4, 0.5) is 0 Å². The van der Waals surface area contributed by atoms with Gasteiger partial charge in [-0.1, -0.05) is 0 Å². The van der Waals surface area contributed by atoms with E-state index < -0.39 is 6.04 Å². The van der Waals surface area contributed by atoms with Gasteiger partial charge in [-0.25, -0.2) is 9.79 Å². The number of ether oxygens (including phenoxy) is 2. The lowest BCUT2D eigenvalue weighted by Crippen LogP contribution is -2.28. The predicted molar refractivity (Wildman–Crippen MR) is 34.8 cm³/mol. The Morgan fingerprint density at radius 2 is 2.50 bits per heavy atom. The minimum atomic E-state index is -0.468. The third kappa shape index (κ3) is 1.10. The van der Waals surface area contributed by atoms with Gasteiger partial charge in [-0.15, -0.1) is 0 Å². The third-order valence-corrected chi connectivity index (χ3v) is 1.38. The number of esters is 1. The van der Waals surface area contributed by atoms with Crippen LogP contribution in [0, 0.1) is 0 Å². The molecule has 1 aliphatic rings. The molecule has 0 bridgehead atoms. The number of nitrogens with zero attached hydrogens (tertiary/aromatic N) is 1. The molecule has 2 atom stereocenters. The summed E-state index contributed by atoms with van der Waals surface area (Å²) in [7, 11) is 1.34. The van der Waals surface area contributed by atoms with Crippen LogP contribution in [0.5, 0.6) is 0 Å². The maximum absolute atomic E-state index is 10.8. The fourth-order valence-electron chi connectivity index (χ4n) is 0.766. The molecule has 56 valence electrons. The lowest BCUT2D eigenvalue weighted by Gasteiger charge is -2.08. The van der Waals surface area contributed by atoms with Crippen molar-refractivity contribution in [2.24, 2.45) is 4.99 Å². The highest BCUT2D eigenvalue weighted by molar-refractivity contribution is 5.79. The summed E-state index contributed by atoms with van der Waals surface area (Å²) in [5.41, 5.74) is 0. The zero-order valence-electron chi connectivity index (χ0n) is 5.90. The second-order valence-electron chi connectivity index (χ2n) is 2.06. The highest BCUT2D eigenvalue weighted by Crippen LogP contribution is 2.09. The molecule has 0 spiro atoms. The van der Waals surface area contributed by atoms with Gasteiger partial charge in [-0.05, 0) is 6.92 Å². The third-order valence-electron chi connectivity index (χ3n) is 1.38. The van der Waals surface area contributed by atoms with E-state index in [4.69, 9.17) is 4.74 Å². The zero-order valence-corrected chi connectivity index (χ0v) is 5.90. The van der Waals surface area contributed by atoms with Crippen molar-refractivity contribution in [3.63, 3.8) is 0 Å². The summed E-state index contributed by atoms with van der Waals surface area (Å²) in [5.74, 6) is -0.346. The molecule has 0 aromatic heterocycles. The largest absolute Gasteiger partial charge is 0.478 e. The Morgan fingerprint density at radius 3 is 2.90 bits per heavy atom. The number of aliphatic imine (C=N–C) groups is 1. The SMILES string of the molecule is COC(=O)[C@H]1N=CO[C@H]1C. The van der Waals surface area contributed by atoms with Crippen LogP contribution in [0.1, 0.15) is 6.92 Å². The molecular weight excluding hydrogens is 134 g/mol. The van der Waals surface area contributed by atoms with E-state index in [0.29, 0.717) is 0 Å². The smallest absolute Gasteiger partial charge is 0.334 e. The van der Waals surface area contributed by atoms with Gasteiger partial charge in [0.25, 0.3) is 0 Å². The second kappa shape index (κ2) is 2.68. The molecule has 1 heterocycles. The molecule has 0 aliphatic carbocycles. The molecule has 0 fully saturated rings. The summed E-state index contributed by atoms with van der Waals surface area (Å²) in [4.78, 5) is 14.6. The van der Waals surface area contributed by atoms with E-state index in [9.17, 15) is 4.79 Å². The Bertz CT molecular complexity index is 166. The van der Waals surface area contributed by atoms with Crippen LogP contribution in [-0.4, -0.2) is 31.6 Å². The van der Waals surface area contributed by atoms with Gasteiger partial charge in [0.1, 0.15) is 6.10 Å². The first-order valence-corrected chi connectivity index (χ1v) is 3.00. The topological polar surface area (TPSA) is 47.9 Å². The molecule has 0 aromatic rings. The Kier molecular flexibility index (Phi) is 1.89. The van der Waals surface area contributed by atoms with Gasteiger partial charge in [0.05, 0.1) is 7.11 Å². The van der Waals surface area contributed by atoms with Gasteiger partial charge in [0.15, 0.2) is 12.4 Å². The fraction of sp³-hybridized carbons (Fsp3) is 0.667. The first-order chi connectivity index (χ1) is 4.75. The Hall–Kier alpha value is -1.06. The van der Waals surface area contributed by atoms with Crippen LogP contribution < -0.4 is 0 Å². The molecule has 0 aromatic carbocycles. The second-order valence-corrected chi connectivity index (χ2v) is 2.06. The first-order valence-electron chi connectivity index (χ1n) is 3.00. The van der Waals surface area contributed by atoms with Gasteiger partial charge in [-0.2, -0.15) is 0 Å². The summed E-state index contributed by atoms with van der Waals surface area (Å²) in [6.45, 7) is 1.77. The number of hydrogen-bond acceptors (Lipinski definition) is 4. The van der Waals surface area contributed by atoms with Crippen molar-refractivity contribution in [2.45, 2.75) is 19.1 Å². The van der Waals surface area contributed by atoms with E-state index in [-0.39, 0.29) is 12.1 Å². The summed E-state index contributed by atoms with van der Waals surface area (Å²) in [5, 5.41) is 0. The summed E-state index contributed by atoms with van der Waals surface area (Å²) < 4.78 is 9.37. The molecule has 0 unspecified atom stereocenters. The fourth-order valence-corrected chi connectivity index (χ4v) is 0.766. The van der Waals surface area contributed by atoms with Crippen LogP contribution in [0.2, 0.25) is 0 Å². The lowest BCUT2D eigenvalue weighted by atomic mass is 10.2. The Labute approximate surface area is 58.8 Å². The van der Waals surface area contributed by atoms with Crippen molar-refractivity contribution in [1.29, 1.82) is 0 Å². The van der Waals surface area contributed by atoms with Crippen LogP contribution >= 0.6 is 0 Å². The molecule has 0 amide bonds. The van der Waals surface area contributed by atoms with Crippen LogP contribution in [-0.2, 0) is 14.3 Å². The number of methoxy groups -OCH3 is 1. The van der Waals surface area contributed by atoms with Gasteiger partial charge in [-0.3, -0.25) is 0 Å². The van der Waals surface area contributed by atoms with E-state index >= 15 is 0 Å². The van der Waals surface area contributed by atoms with E-state index in [2.05, 4.69) is 9.73 Å². The van der Waals surface area contributed by atoms with Crippen molar-refractivity contribution in [3.05, 3.63) is 0 Å². The van der Waals surface area contributed by atoms with E-state index in [0.717, 1.165) is 0 Å². The number of carbonyl (C=O) groups is 1. The van der Waals surface area contributed by atoms with Gasteiger partial charge in [0.2, 0.25) is 0 Å². The number of carbonyl (C=O) groups excluding carboxylic acids is 1. The van der Waals surface area contributed by atoms with E-state index in [1.54, 1.807) is 6.92 Å². The lowest BCUT2D eigenvalue weighted by molar-refractivity contribution is -0.143. The average Bonchev–Trinajstić information content (AvgIpc) is 2.34.